The molecule has 6 nitrogen and oxygen atoms in total. The van der Waals surface area contributed by atoms with Crippen molar-refractivity contribution in [3.63, 3.8) is 0 Å². The van der Waals surface area contributed by atoms with Gasteiger partial charge in [-0.3, -0.25) is 19.3 Å². The molecule has 27 heavy (non-hydrogen) atoms. The van der Waals surface area contributed by atoms with E-state index in [4.69, 9.17) is 0 Å². The van der Waals surface area contributed by atoms with Crippen molar-refractivity contribution in [2.45, 2.75) is 19.4 Å². The van der Waals surface area contributed by atoms with Crippen LogP contribution in [0.15, 0.2) is 54.7 Å². The molecule has 1 saturated heterocycles. The first-order valence-electron chi connectivity index (χ1n) is 8.80. The third-order valence-corrected chi connectivity index (χ3v) is 4.89. The van der Waals surface area contributed by atoms with Crippen LogP contribution in [0.5, 0.6) is 0 Å². The van der Waals surface area contributed by atoms with Gasteiger partial charge in [-0.05, 0) is 35.9 Å². The lowest BCUT2D eigenvalue weighted by Crippen LogP contribution is -2.28. The van der Waals surface area contributed by atoms with Gasteiger partial charge < -0.3 is 9.88 Å². The first kappa shape index (κ1) is 17.0. The van der Waals surface area contributed by atoms with Crippen molar-refractivity contribution in [3.8, 4) is 0 Å². The van der Waals surface area contributed by atoms with Crippen LogP contribution in [-0.4, -0.2) is 27.2 Å². The van der Waals surface area contributed by atoms with Gasteiger partial charge in [-0.25, -0.2) is 0 Å². The van der Waals surface area contributed by atoms with Gasteiger partial charge in [0.05, 0.1) is 12.2 Å². The molecule has 1 N–H and O–H groups in total. The number of fused-ring (bicyclic) bond motifs is 1. The second kappa shape index (κ2) is 6.72. The van der Waals surface area contributed by atoms with Gasteiger partial charge in [0.15, 0.2) is 0 Å². The average Bonchev–Trinajstić information content (AvgIpc) is 3.20. The van der Waals surface area contributed by atoms with Gasteiger partial charge in [-0.2, -0.15) is 0 Å². The number of aromatic nitrogens is 1. The Morgan fingerprint density at radius 3 is 2.41 bits per heavy atom. The number of hydrogen-bond acceptors (Lipinski definition) is 3. The van der Waals surface area contributed by atoms with E-state index in [1.165, 1.54) is 4.90 Å². The Morgan fingerprint density at radius 2 is 1.70 bits per heavy atom. The summed E-state index contributed by atoms with van der Waals surface area (Å²) in [5.41, 5.74) is 3.14. The molecule has 0 saturated carbocycles. The molecule has 4 rings (SSSR count). The summed E-state index contributed by atoms with van der Waals surface area (Å²) in [5.74, 6) is -0.484. The Kier molecular flexibility index (Phi) is 4.24. The van der Waals surface area contributed by atoms with Crippen molar-refractivity contribution in [2.24, 2.45) is 7.05 Å². The summed E-state index contributed by atoms with van der Waals surface area (Å²) in [6.45, 7) is 0.253. The van der Waals surface area contributed by atoms with E-state index >= 15 is 0 Å². The van der Waals surface area contributed by atoms with Crippen LogP contribution >= 0.6 is 0 Å². The number of imide groups is 1. The zero-order valence-corrected chi connectivity index (χ0v) is 14.9. The van der Waals surface area contributed by atoms with Crippen LogP contribution in [0.4, 0.5) is 5.69 Å². The minimum absolute atomic E-state index is 0.141. The van der Waals surface area contributed by atoms with Crippen molar-refractivity contribution in [3.05, 3.63) is 65.9 Å². The number of amides is 3. The number of hydrogen-bond donors (Lipinski definition) is 1. The lowest BCUT2D eigenvalue weighted by Gasteiger charge is -2.14. The fraction of sp³-hybridized carbons (Fsp3) is 0.190. The first-order chi connectivity index (χ1) is 13.0. The Bertz CT molecular complexity index is 1030. The summed E-state index contributed by atoms with van der Waals surface area (Å²) in [4.78, 5) is 37.3. The number of aryl methyl sites for hydroxylation is 1. The molecule has 136 valence electrons. The highest BCUT2D eigenvalue weighted by Gasteiger charge is 2.28. The molecule has 3 amide bonds. The molecule has 0 bridgehead atoms. The predicted octanol–water partition coefficient (Wildman–Crippen LogP) is 3.08. The largest absolute Gasteiger partial charge is 0.350 e. The molecule has 1 aromatic heterocycles. The van der Waals surface area contributed by atoms with Crippen LogP contribution in [0.25, 0.3) is 10.9 Å². The molecule has 0 spiro atoms. The highest BCUT2D eigenvalue weighted by atomic mass is 16.2. The molecule has 2 aromatic carbocycles. The van der Waals surface area contributed by atoms with E-state index in [1.54, 1.807) is 24.3 Å². The standard InChI is InChI=1S/C21H19N3O3/c1-23-12-11-16-17(3-2-4-18(16)23)22-21(27)15-7-5-14(6-8-15)13-24-19(25)9-10-20(24)26/h2-8,11-12H,9-10,13H2,1H3,(H,22,27). The minimum Gasteiger partial charge on any atom is -0.350 e. The number of carbonyl (C=O) groups excluding carboxylic acids is 3. The number of anilines is 1. The van der Waals surface area contributed by atoms with Crippen LogP contribution in [0.2, 0.25) is 0 Å². The van der Waals surface area contributed by atoms with Crippen LogP contribution in [-0.2, 0) is 23.2 Å². The van der Waals surface area contributed by atoms with Crippen LogP contribution in [0.3, 0.4) is 0 Å². The van der Waals surface area contributed by atoms with Gasteiger partial charge in [-0.1, -0.05) is 18.2 Å². The van der Waals surface area contributed by atoms with E-state index in [0.717, 1.165) is 22.2 Å². The molecule has 6 heteroatoms. The zero-order chi connectivity index (χ0) is 19.0. The topological polar surface area (TPSA) is 71.4 Å². The molecule has 1 fully saturated rings. The monoisotopic (exact) mass is 361 g/mol. The Labute approximate surface area is 156 Å². The molecule has 0 radical (unpaired) electrons. The molecular formula is C21H19N3O3. The maximum absolute atomic E-state index is 12.6. The van der Waals surface area contributed by atoms with E-state index in [-0.39, 0.29) is 37.1 Å². The number of carbonyl (C=O) groups is 3. The summed E-state index contributed by atoms with van der Waals surface area (Å²) in [6.07, 6.45) is 2.52. The van der Waals surface area contributed by atoms with Crippen molar-refractivity contribution >= 4 is 34.3 Å². The minimum atomic E-state index is -0.203. The van der Waals surface area contributed by atoms with E-state index in [9.17, 15) is 14.4 Å². The zero-order valence-electron chi connectivity index (χ0n) is 14.9. The number of likely N-dealkylation sites (tertiary alicyclic amines) is 1. The van der Waals surface area contributed by atoms with E-state index in [2.05, 4.69) is 5.32 Å². The molecule has 0 aliphatic carbocycles. The van der Waals surface area contributed by atoms with Gasteiger partial charge in [0, 0.05) is 42.6 Å². The average molecular weight is 361 g/mol. The third kappa shape index (κ3) is 3.21. The molecule has 2 heterocycles. The van der Waals surface area contributed by atoms with E-state index in [1.807, 2.05) is 42.1 Å². The van der Waals surface area contributed by atoms with E-state index in [0.29, 0.717) is 5.56 Å². The summed E-state index contributed by atoms with van der Waals surface area (Å²) < 4.78 is 2.00. The summed E-state index contributed by atoms with van der Waals surface area (Å²) >= 11 is 0. The highest BCUT2D eigenvalue weighted by Crippen LogP contribution is 2.24. The second-order valence-electron chi connectivity index (χ2n) is 6.69. The van der Waals surface area contributed by atoms with Crippen LogP contribution < -0.4 is 5.32 Å². The molecule has 0 atom stereocenters. The Hall–Kier alpha value is -3.41. The van der Waals surface area contributed by atoms with Crippen molar-refractivity contribution in [1.82, 2.24) is 9.47 Å². The first-order valence-corrected chi connectivity index (χ1v) is 8.80. The van der Waals surface area contributed by atoms with Gasteiger partial charge in [0.2, 0.25) is 11.8 Å². The predicted molar refractivity (Wildman–Crippen MR) is 102 cm³/mol. The summed E-state index contributed by atoms with van der Waals surface area (Å²) in [7, 11) is 1.96. The van der Waals surface area contributed by atoms with Gasteiger partial charge >= 0.3 is 0 Å². The smallest absolute Gasteiger partial charge is 0.255 e. The molecule has 1 aliphatic rings. The molecular weight excluding hydrogens is 342 g/mol. The Balaban J connectivity index is 1.49. The highest BCUT2D eigenvalue weighted by molar-refractivity contribution is 6.09. The lowest BCUT2D eigenvalue weighted by molar-refractivity contribution is -0.139. The third-order valence-electron chi connectivity index (χ3n) is 4.89. The Morgan fingerprint density at radius 1 is 1.00 bits per heavy atom. The maximum atomic E-state index is 12.6. The van der Waals surface area contributed by atoms with Gasteiger partial charge in [0.1, 0.15) is 0 Å². The van der Waals surface area contributed by atoms with Gasteiger partial charge in [-0.15, -0.1) is 0 Å². The van der Waals surface area contributed by atoms with Crippen molar-refractivity contribution < 1.29 is 14.4 Å². The number of benzene rings is 2. The fourth-order valence-electron chi connectivity index (χ4n) is 3.35. The number of nitrogens with one attached hydrogen (secondary N) is 1. The van der Waals surface area contributed by atoms with Crippen LogP contribution in [0.1, 0.15) is 28.8 Å². The quantitative estimate of drug-likeness (QED) is 0.726. The molecule has 3 aromatic rings. The SMILES string of the molecule is Cn1ccc2c(NC(=O)c3ccc(CN4C(=O)CCC4=O)cc3)cccc21. The lowest BCUT2D eigenvalue weighted by atomic mass is 10.1. The maximum Gasteiger partial charge on any atom is 0.255 e. The summed E-state index contributed by atoms with van der Waals surface area (Å²) in [6, 6.07) is 14.7. The molecule has 1 aliphatic heterocycles. The molecule has 0 unspecified atom stereocenters. The normalized spacial score (nSPS) is 14.2. The summed E-state index contributed by atoms with van der Waals surface area (Å²) in [5, 5.41) is 3.93. The van der Waals surface area contributed by atoms with Crippen LogP contribution in [0, 0.1) is 0 Å². The number of nitrogens with zero attached hydrogens (tertiary/aromatic N) is 2. The van der Waals surface area contributed by atoms with Gasteiger partial charge in [0.25, 0.3) is 5.91 Å². The second-order valence-corrected chi connectivity index (χ2v) is 6.69. The van der Waals surface area contributed by atoms with Crippen molar-refractivity contribution in [1.29, 1.82) is 0 Å². The fourth-order valence-corrected chi connectivity index (χ4v) is 3.35. The van der Waals surface area contributed by atoms with Crippen molar-refractivity contribution in [2.75, 3.05) is 5.32 Å². The number of rotatable bonds is 4. The van der Waals surface area contributed by atoms with E-state index < -0.39 is 0 Å².